The van der Waals surface area contributed by atoms with Crippen LogP contribution in [-0.4, -0.2) is 62.3 Å². The average molecular weight is 508 g/mol. The molecule has 0 radical (unpaired) electrons. The molecule has 0 saturated carbocycles. The number of benzene rings is 2. The van der Waals surface area contributed by atoms with Crippen molar-refractivity contribution in [3.63, 3.8) is 0 Å². The van der Waals surface area contributed by atoms with Crippen LogP contribution in [0.5, 0.6) is 5.75 Å². The summed E-state index contributed by atoms with van der Waals surface area (Å²) in [5.41, 5.74) is 7.18. The largest absolute Gasteiger partial charge is 0.491 e. The van der Waals surface area contributed by atoms with E-state index in [0.29, 0.717) is 23.8 Å². The van der Waals surface area contributed by atoms with Gasteiger partial charge in [-0.15, -0.1) is 0 Å². The van der Waals surface area contributed by atoms with Crippen molar-refractivity contribution in [2.45, 2.75) is 6.92 Å². The highest BCUT2D eigenvalue weighted by atomic mass is 19.1. The normalized spacial score (nSPS) is 11.6. The fourth-order valence-corrected chi connectivity index (χ4v) is 4.53. The number of hydrogen-bond acceptors (Lipinski definition) is 6. The lowest BCUT2D eigenvalue weighted by Crippen LogP contribution is -2.19. The second-order valence-corrected chi connectivity index (χ2v) is 9.55. The Morgan fingerprint density at radius 1 is 0.974 bits per heavy atom. The van der Waals surface area contributed by atoms with Crippen LogP contribution < -0.4 is 4.74 Å². The maximum atomic E-state index is 14.1. The molecule has 0 aliphatic heterocycles. The molecule has 0 atom stereocenters. The Labute approximate surface area is 218 Å². The second kappa shape index (κ2) is 9.68. The summed E-state index contributed by atoms with van der Waals surface area (Å²) < 4.78 is 20.0. The molecule has 4 heterocycles. The summed E-state index contributed by atoms with van der Waals surface area (Å²) in [5, 5.41) is 8.55. The van der Waals surface area contributed by atoms with Crippen molar-refractivity contribution < 1.29 is 9.13 Å². The topological polar surface area (TPSA) is 95.6 Å². The molecule has 6 aromatic rings. The van der Waals surface area contributed by atoms with Crippen LogP contribution in [0.2, 0.25) is 0 Å². The van der Waals surface area contributed by atoms with Gasteiger partial charge in [-0.05, 0) is 74.1 Å². The number of pyridine rings is 2. The van der Waals surface area contributed by atoms with Gasteiger partial charge in [0.15, 0.2) is 11.5 Å². The first kappa shape index (κ1) is 23.7. The van der Waals surface area contributed by atoms with Crippen LogP contribution in [0.25, 0.3) is 55.8 Å². The number of aromatic amines is 2. The Hall–Kier alpha value is -4.63. The van der Waals surface area contributed by atoms with E-state index in [4.69, 9.17) is 9.72 Å². The monoisotopic (exact) mass is 507 g/mol. The van der Waals surface area contributed by atoms with Gasteiger partial charge in [0.05, 0.1) is 17.2 Å². The molecule has 0 aliphatic carbocycles. The number of aromatic nitrogens is 6. The minimum absolute atomic E-state index is 0.280. The average Bonchev–Trinajstić information content (AvgIpc) is 3.51. The molecule has 2 N–H and O–H groups in total. The van der Waals surface area contributed by atoms with Crippen LogP contribution >= 0.6 is 0 Å². The van der Waals surface area contributed by atoms with E-state index < -0.39 is 0 Å². The van der Waals surface area contributed by atoms with Gasteiger partial charge in [0.2, 0.25) is 0 Å². The Kier molecular flexibility index (Phi) is 6.05. The number of hydrogen-bond donors (Lipinski definition) is 2. The van der Waals surface area contributed by atoms with Gasteiger partial charge in [0.1, 0.15) is 23.9 Å². The van der Waals surface area contributed by atoms with E-state index in [1.165, 1.54) is 12.1 Å². The number of aryl methyl sites for hydroxylation is 1. The van der Waals surface area contributed by atoms with Gasteiger partial charge in [-0.3, -0.25) is 10.1 Å². The summed E-state index contributed by atoms with van der Waals surface area (Å²) >= 11 is 0. The predicted molar refractivity (Wildman–Crippen MR) is 146 cm³/mol. The van der Waals surface area contributed by atoms with Crippen LogP contribution in [0.15, 0.2) is 67.1 Å². The zero-order valence-electron chi connectivity index (χ0n) is 21.3. The first-order chi connectivity index (χ1) is 18.4. The number of rotatable bonds is 7. The van der Waals surface area contributed by atoms with Gasteiger partial charge in [-0.1, -0.05) is 12.1 Å². The summed E-state index contributed by atoms with van der Waals surface area (Å²) in [7, 11) is 4.02. The van der Waals surface area contributed by atoms with Gasteiger partial charge in [-0.2, -0.15) is 5.10 Å². The van der Waals surface area contributed by atoms with Crippen molar-refractivity contribution in [3.8, 4) is 39.5 Å². The molecule has 0 saturated heterocycles. The van der Waals surface area contributed by atoms with E-state index in [9.17, 15) is 4.39 Å². The third-order valence-corrected chi connectivity index (χ3v) is 6.39. The van der Waals surface area contributed by atoms with E-state index >= 15 is 0 Å². The Balaban J connectivity index is 1.38. The van der Waals surface area contributed by atoms with E-state index in [0.717, 1.165) is 56.5 Å². The minimum atomic E-state index is -0.280. The fourth-order valence-electron chi connectivity index (χ4n) is 4.53. The lowest BCUT2D eigenvalue weighted by Gasteiger charge is -2.11. The lowest BCUT2D eigenvalue weighted by molar-refractivity contribution is 0.261. The molecule has 4 aromatic heterocycles. The van der Waals surface area contributed by atoms with Crippen molar-refractivity contribution in [2.75, 3.05) is 27.2 Å². The van der Waals surface area contributed by atoms with E-state index in [1.807, 2.05) is 57.5 Å². The van der Waals surface area contributed by atoms with Crippen LogP contribution in [0.3, 0.4) is 0 Å². The number of nitrogens with one attached hydrogen (secondary N) is 2. The number of H-pyrrole nitrogens is 2. The molecule has 0 amide bonds. The first-order valence-electron chi connectivity index (χ1n) is 12.3. The molecule has 2 aromatic carbocycles. The van der Waals surface area contributed by atoms with Crippen molar-refractivity contribution in [1.82, 2.24) is 35.0 Å². The number of ether oxygens (including phenoxy) is 1. The van der Waals surface area contributed by atoms with Crippen LogP contribution in [0.1, 0.15) is 5.56 Å². The first-order valence-corrected chi connectivity index (χ1v) is 12.3. The maximum absolute atomic E-state index is 14.1. The van der Waals surface area contributed by atoms with Crippen molar-refractivity contribution in [2.24, 2.45) is 0 Å². The van der Waals surface area contributed by atoms with Gasteiger partial charge in [0, 0.05) is 35.5 Å². The molecule has 38 heavy (non-hydrogen) atoms. The molecule has 0 fully saturated rings. The van der Waals surface area contributed by atoms with E-state index in [2.05, 4.69) is 36.1 Å². The number of likely N-dealkylation sites (N-methyl/N-ethyl adjacent to an activating group) is 1. The lowest BCUT2D eigenvalue weighted by atomic mass is 10.0. The van der Waals surface area contributed by atoms with Crippen LogP contribution in [0.4, 0.5) is 4.39 Å². The molecule has 9 heteroatoms. The van der Waals surface area contributed by atoms with E-state index in [-0.39, 0.29) is 5.82 Å². The molecule has 8 nitrogen and oxygen atoms in total. The van der Waals surface area contributed by atoms with Gasteiger partial charge < -0.3 is 14.6 Å². The molecular formula is C29H26FN7O. The van der Waals surface area contributed by atoms with Gasteiger partial charge in [-0.25, -0.2) is 14.4 Å². The molecule has 0 unspecified atom stereocenters. The highest BCUT2D eigenvalue weighted by Gasteiger charge is 2.17. The van der Waals surface area contributed by atoms with Crippen molar-refractivity contribution in [3.05, 3.63) is 78.5 Å². The van der Waals surface area contributed by atoms with Crippen LogP contribution in [0, 0.1) is 12.7 Å². The van der Waals surface area contributed by atoms with Crippen molar-refractivity contribution in [1.29, 1.82) is 0 Å². The van der Waals surface area contributed by atoms with Gasteiger partial charge >= 0.3 is 0 Å². The predicted octanol–water partition coefficient (Wildman–Crippen LogP) is 5.62. The quantitative estimate of drug-likeness (QED) is 0.291. The summed E-state index contributed by atoms with van der Waals surface area (Å²) in [6, 6.07) is 14.9. The molecule has 0 bridgehead atoms. The SMILES string of the molecule is Cc1cc(F)cc(-c2ccnc3nc(-c4n[nH]c5ccc(-c6cncc(OCCN(C)C)c6)cc45)[nH]c23)c1. The highest BCUT2D eigenvalue weighted by molar-refractivity contribution is 5.97. The number of imidazole rings is 1. The summed E-state index contributed by atoms with van der Waals surface area (Å²) in [5.74, 6) is 1.02. The third kappa shape index (κ3) is 4.59. The Morgan fingerprint density at radius 2 is 1.87 bits per heavy atom. The smallest absolute Gasteiger partial charge is 0.178 e. The number of nitrogens with zero attached hydrogens (tertiary/aromatic N) is 5. The zero-order chi connectivity index (χ0) is 26.2. The Bertz CT molecular complexity index is 1750. The molecule has 6 rings (SSSR count). The van der Waals surface area contributed by atoms with Gasteiger partial charge in [0.25, 0.3) is 0 Å². The maximum Gasteiger partial charge on any atom is 0.178 e. The van der Waals surface area contributed by atoms with Crippen molar-refractivity contribution >= 4 is 22.1 Å². The highest BCUT2D eigenvalue weighted by Crippen LogP contribution is 2.33. The van der Waals surface area contributed by atoms with Crippen LogP contribution in [-0.2, 0) is 0 Å². The number of halogens is 1. The molecule has 0 spiro atoms. The molecule has 0 aliphatic rings. The van der Waals surface area contributed by atoms with E-state index in [1.54, 1.807) is 12.4 Å². The standard InChI is InChI=1S/C29H26FN7O/c1-17-10-19(12-21(30)11-17)23-6-7-32-28-26(23)33-29(34-28)27-24-14-18(4-5-25(24)35-36-27)20-13-22(16-31-15-20)38-9-8-37(2)3/h4-7,10-16H,8-9H2,1-3H3,(H,35,36)(H,32,33,34). The molecular weight excluding hydrogens is 481 g/mol. The zero-order valence-corrected chi connectivity index (χ0v) is 21.3. The summed E-state index contributed by atoms with van der Waals surface area (Å²) in [6.45, 7) is 3.28. The third-order valence-electron chi connectivity index (χ3n) is 6.39. The molecule has 190 valence electrons. The second-order valence-electron chi connectivity index (χ2n) is 9.55. The minimum Gasteiger partial charge on any atom is -0.491 e. The Morgan fingerprint density at radius 3 is 2.71 bits per heavy atom. The fraction of sp³-hybridized carbons (Fsp3) is 0.172. The number of fused-ring (bicyclic) bond motifs is 2. The summed E-state index contributed by atoms with van der Waals surface area (Å²) in [6.07, 6.45) is 5.22. The summed E-state index contributed by atoms with van der Waals surface area (Å²) in [4.78, 5) is 19.0.